The molecule has 0 amide bonds. The number of nitrogens with two attached hydrogens (primary N) is 1. The van der Waals surface area contributed by atoms with E-state index in [-0.39, 0.29) is 0 Å². The summed E-state index contributed by atoms with van der Waals surface area (Å²) in [5.41, 5.74) is 9.21. The van der Waals surface area contributed by atoms with Gasteiger partial charge in [-0.15, -0.1) is 0 Å². The van der Waals surface area contributed by atoms with Crippen LogP contribution >= 0.6 is 0 Å². The SMILES string of the molecule is CN(C)N1CCCC(Cc2ccccc2)C1(N)c1ccccc1. The summed E-state index contributed by atoms with van der Waals surface area (Å²) in [7, 11) is 4.19. The first kappa shape index (κ1) is 16.2. The molecule has 0 saturated carbocycles. The summed E-state index contributed by atoms with van der Waals surface area (Å²) >= 11 is 0. The van der Waals surface area contributed by atoms with Crippen molar-refractivity contribution in [3.8, 4) is 0 Å². The highest BCUT2D eigenvalue weighted by Gasteiger charge is 2.45. The first-order chi connectivity index (χ1) is 11.1. The monoisotopic (exact) mass is 309 g/mol. The van der Waals surface area contributed by atoms with Gasteiger partial charge in [0.05, 0.1) is 0 Å². The minimum Gasteiger partial charge on any atom is -0.308 e. The van der Waals surface area contributed by atoms with Gasteiger partial charge in [-0.05, 0) is 36.3 Å². The van der Waals surface area contributed by atoms with Crippen LogP contribution in [-0.2, 0) is 12.1 Å². The number of hydrogen-bond acceptors (Lipinski definition) is 3. The molecule has 0 bridgehead atoms. The van der Waals surface area contributed by atoms with Crippen molar-refractivity contribution < 1.29 is 0 Å². The highest BCUT2D eigenvalue weighted by Crippen LogP contribution is 2.40. The van der Waals surface area contributed by atoms with Gasteiger partial charge in [-0.2, -0.15) is 0 Å². The molecule has 0 spiro atoms. The zero-order chi connectivity index (χ0) is 16.3. The normalized spacial score (nSPS) is 25.7. The van der Waals surface area contributed by atoms with Crippen LogP contribution in [0.25, 0.3) is 0 Å². The van der Waals surface area contributed by atoms with Crippen LogP contribution in [0, 0.1) is 5.92 Å². The number of rotatable bonds is 4. The molecule has 0 aliphatic carbocycles. The third-order valence-corrected chi connectivity index (χ3v) is 5.02. The molecule has 2 aromatic rings. The van der Waals surface area contributed by atoms with Gasteiger partial charge in [-0.25, -0.2) is 10.0 Å². The van der Waals surface area contributed by atoms with E-state index < -0.39 is 5.66 Å². The van der Waals surface area contributed by atoms with Crippen molar-refractivity contribution in [3.05, 3.63) is 71.8 Å². The molecule has 2 N–H and O–H groups in total. The summed E-state index contributed by atoms with van der Waals surface area (Å²) in [5.74, 6) is 0.392. The van der Waals surface area contributed by atoms with Gasteiger partial charge in [0.1, 0.15) is 5.66 Å². The first-order valence-corrected chi connectivity index (χ1v) is 8.45. The maximum atomic E-state index is 7.10. The summed E-state index contributed by atoms with van der Waals surface area (Å²) < 4.78 is 0. The van der Waals surface area contributed by atoms with E-state index in [1.807, 2.05) is 0 Å². The lowest BCUT2D eigenvalue weighted by molar-refractivity contribution is -0.133. The minimum atomic E-state index is -0.459. The number of hydrogen-bond donors (Lipinski definition) is 1. The topological polar surface area (TPSA) is 32.5 Å². The molecule has 0 aromatic heterocycles. The van der Waals surface area contributed by atoms with Crippen LogP contribution in [0.1, 0.15) is 24.0 Å². The van der Waals surface area contributed by atoms with E-state index in [1.165, 1.54) is 17.5 Å². The van der Waals surface area contributed by atoms with Gasteiger partial charge in [-0.3, -0.25) is 0 Å². The Balaban J connectivity index is 1.98. The molecule has 2 unspecified atom stereocenters. The molecular weight excluding hydrogens is 282 g/mol. The summed E-state index contributed by atoms with van der Waals surface area (Å²) in [6, 6.07) is 21.3. The molecule has 23 heavy (non-hydrogen) atoms. The average Bonchev–Trinajstić information content (AvgIpc) is 2.58. The van der Waals surface area contributed by atoms with Crippen molar-refractivity contribution in [3.63, 3.8) is 0 Å². The van der Waals surface area contributed by atoms with Crippen LogP contribution in [0.3, 0.4) is 0 Å². The van der Waals surface area contributed by atoms with Crippen LogP contribution in [0.5, 0.6) is 0 Å². The predicted octanol–water partition coefficient (Wildman–Crippen LogP) is 3.23. The van der Waals surface area contributed by atoms with Crippen molar-refractivity contribution in [2.24, 2.45) is 11.7 Å². The number of piperidine rings is 1. The van der Waals surface area contributed by atoms with Gasteiger partial charge in [0, 0.05) is 20.6 Å². The molecule has 1 aliphatic heterocycles. The lowest BCUT2D eigenvalue weighted by Gasteiger charge is -2.52. The molecule has 2 aromatic carbocycles. The fourth-order valence-electron chi connectivity index (χ4n) is 3.88. The highest BCUT2D eigenvalue weighted by atomic mass is 15.7. The van der Waals surface area contributed by atoms with Crippen molar-refractivity contribution in [2.75, 3.05) is 20.6 Å². The van der Waals surface area contributed by atoms with E-state index in [2.05, 4.69) is 84.8 Å². The van der Waals surface area contributed by atoms with Crippen molar-refractivity contribution in [2.45, 2.75) is 24.9 Å². The van der Waals surface area contributed by atoms with Crippen LogP contribution in [-0.4, -0.2) is 30.7 Å². The van der Waals surface area contributed by atoms with Gasteiger partial charge in [-0.1, -0.05) is 60.7 Å². The summed E-state index contributed by atoms with van der Waals surface area (Å²) in [4.78, 5) is 0. The van der Waals surface area contributed by atoms with Crippen molar-refractivity contribution in [1.82, 2.24) is 10.0 Å². The second-order valence-electron chi connectivity index (χ2n) is 6.69. The summed E-state index contributed by atoms with van der Waals surface area (Å²) in [6.07, 6.45) is 3.35. The molecule has 122 valence electrons. The van der Waals surface area contributed by atoms with Gasteiger partial charge >= 0.3 is 0 Å². The van der Waals surface area contributed by atoms with Gasteiger partial charge in [0.2, 0.25) is 0 Å². The fourth-order valence-corrected chi connectivity index (χ4v) is 3.88. The Kier molecular flexibility index (Phi) is 4.81. The Morgan fingerprint density at radius 1 is 1.04 bits per heavy atom. The zero-order valence-electron chi connectivity index (χ0n) is 14.2. The van der Waals surface area contributed by atoms with Gasteiger partial charge in [0.15, 0.2) is 0 Å². The van der Waals surface area contributed by atoms with E-state index in [9.17, 15) is 0 Å². The second-order valence-corrected chi connectivity index (χ2v) is 6.69. The van der Waals surface area contributed by atoms with E-state index in [4.69, 9.17) is 5.73 Å². The van der Waals surface area contributed by atoms with Crippen molar-refractivity contribution >= 4 is 0 Å². The molecular formula is C20H27N3. The Labute approximate surface area is 139 Å². The fraction of sp³-hybridized carbons (Fsp3) is 0.400. The Bertz CT molecular complexity index is 611. The number of benzene rings is 2. The molecule has 3 nitrogen and oxygen atoms in total. The van der Waals surface area contributed by atoms with Crippen LogP contribution in [0.4, 0.5) is 0 Å². The van der Waals surface area contributed by atoms with E-state index in [0.29, 0.717) is 5.92 Å². The van der Waals surface area contributed by atoms with Crippen LogP contribution in [0.15, 0.2) is 60.7 Å². The molecule has 3 heteroatoms. The summed E-state index contributed by atoms with van der Waals surface area (Å²) in [6.45, 7) is 1.00. The Hall–Kier alpha value is -1.68. The maximum Gasteiger partial charge on any atom is 0.111 e. The van der Waals surface area contributed by atoms with Crippen LogP contribution in [0.2, 0.25) is 0 Å². The largest absolute Gasteiger partial charge is 0.308 e. The number of hydrazine groups is 1. The molecule has 1 aliphatic rings. The third-order valence-electron chi connectivity index (χ3n) is 5.02. The standard InChI is InChI=1S/C20H27N3/c1-22(2)23-15-9-14-19(16-17-10-5-3-6-11-17)20(23,21)18-12-7-4-8-13-18/h3-8,10-13,19H,9,14-16,21H2,1-2H3. The third kappa shape index (κ3) is 3.18. The molecule has 1 fully saturated rings. The lowest BCUT2D eigenvalue weighted by atomic mass is 9.76. The first-order valence-electron chi connectivity index (χ1n) is 8.45. The van der Waals surface area contributed by atoms with Crippen LogP contribution < -0.4 is 5.73 Å². The molecule has 0 radical (unpaired) electrons. The molecule has 3 rings (SSSR count). The van der Waals surface area contributed by atoms with E-state index in [0.717, 1.165) is 19.4 Å². The van der Waals surface area contributed by atoms with E-state index in [1.54, 1.807) is 0 Å². The second kappa shape index (κ2) is 6.83. The van der Waals surface area contributed by atoms with E-state index >= 15 is 0 Å². The molecule has 2 atom stereocenters. The van der Waals surface area contributed by atoms with Gasteiger partial charge < -0.3 is 5.73 Å². The highest BCUT2D eigenvalue weighted by molar-refractivity contribution is 5.27. The van der Waals surface area contributed by atoms with Crippen molar-refractivity contribution in [1.29, 1.82) is 0 Å². The number of nitrogens with zero attached hydrogens (tertiary/aromatic N) is 2. The lowest BCUT2D eigenvalue weighted by Crippen LogP contribution is -2.65. The minimum absolute atomic E-state index is 0.392. The maximum absolute atomic E-state index is 7.10. The Morgan fingerprint density at radius 3 is 2.26 bits per heavy atom. The van der Waals surface area contributed by atoms with Gasteiger partial charge in [0.25, 0.3) is 0 Å². The quantitative estimate of drug-likeness (QED) is 0.941. The average molecular weight is 309 g/mol. The molecule has 1 saturated heterocycles. The molecule has 1 heterocycles. The zero-order valence-corrected chi connectivity index (χ0v) is 14.2. The summed E-state index contributed by atoms with van der Waals surface area (Å²) in [5, 5.41) is 4.49. The Morgan fingerprint density at radius 2 is 1.65 bits per heavy atom. The smallest absolute Gasteiger partial charge is 0.111 e. The predicted molar refractivity (Wildman–Crippen MR) is 95.6 cm³/mol.